The zero-order valence-electron chi connectivity index (χ0n) is 14.5. The normalized spacial score (nSPS) is 13.2. The molecule has 0 aromatic carbocycles. The van der Waals surface area contributed by atoms with E-state index in [2.05, 4.69) is 18.8 Å². The predicted octanol–water partition coefficient (Wildman–Crippen LogP) is 3.69. The lowest BCUT2D eigenvalue weighted by molar-refractivity contribution is -0.534. The Hall–Kier alpha value is -1.12. The van der Waals surface area contributed by atoms with Crippen LogP contribution in [-0.4, -0.2) is 33.9 Å². The van der Waals surface area contributed by atoms with Gasteiger partial charge in [0.25, 0.3) is 6.04 Å². The molecule has 0 aromatic rings. The van der Waals surface area contributed by atoms with E-state index in [0.717, 1.165) is 12.8 Å². The van der Waals surface area contributed by atoms with E-state index < -0.39 is 23.7 Å². The molecule has 0 aliphatic carbocycles. The van der Waals surface area contributed by atoms with Crippen molar-refractivity contribution in [2.45, 2.75) is 96.1 Å². The lowest BCUT2D eigenvalue weighted by atomic mass is 10.1. The fourth-order valence-electron chi connectivity index (χ4n) is 2.43. The Balaban J connectivity index is 3.46. The van der Waals surface area contributed by atoms with E-state index in [0.29, 0.717) is 6.42 Å². The molecule has 0 saturated heterocycles. The van der Waals surface area contributed by atoms with Crippen LogP contribution < -0.4 is 0 Å². The van der Waals surface area contributed by atoms with Gasteiger partial charge in [-0.2, -0.15) is 0 Å². The van der Waals surface area contributed by atoms with Crippen LogP contribution in [0.25, 0.3) is 0 Å². The van der Waals surface area contributed by atoms with Gasteiger partial charge in [0.15, 0.2) is 6.10 Å². The lowest BCUT2D eigenvalue weighted by Gasteiger charge is -2.07. The Kier molecular flexibility index (Phi) is 15.0. The van der Waals surface area contributed by atoms with Crippen LogP contribution in [0.3, 0.4) is 0 Å². The van der Waals surface area contributed by atoms with Gasteiger partial charge in [0, 0.05) is 11.3 Å². The molecule has 0 fully saturated rings. The summed E-state index contributed by atoms with van der Waals surface area (Å²) < 4.78 is 0. The molecule has 134 valence electrons. The molecular formula is C18H33NO4. The first-order chi connectivity index (χ1) is 11.1. The number of unbranched alkanes of at least 4 members (excludes halogenated alkanes) is 11. The molecule has 23 heavy (non-hydrogen) atoms. The maximum Gasteiger partial charge on any atom is 0.272 e. The maximum absolute atomic E-state index is 10.5. The molecule has 0 amide bonds. The van der Waals surface area contributed by atoms with Gasteiger partial charge >= 0.3 is 0 Å². The Morgan fingerprint density at radius 1 is 0.957 bits per heavy atom. The number of nitrogens with zero attached hydrogens (tertiary/aromatic N) is 1. The number of nitro groups is 1. The highest BCUT2D eigenvalue weighted by Crippen LogP contribution is 2.11. The van der Waals surface area contributed by atoms with E-state index >= 15 is 0 Å². The minimum atomic E-state index is -1.40. The molecule has 0 saturated carbocycles. The smallest absolute Gasteiger partial charge is 0.272 e. The minimum absolute atomic E-state index is 0.643. The Morgan fingerprint density at radius 3 is 1.87 bits per heavy atom. The zero-order chi connectivity index (χ0) is 17.3. The third kappa shape index (κ3) is 13.1. The SMILES string of the molecule is CCCCCCCCCCCCCC#CC(O)C(CO)[N+](=O)[O-]. The van der Waals surface area contributed by atoms with Gasteiger partial charge < -0.3 is 10.2 Å². The van der Waals surface area contributed by atoms with Gasteiger partial charge in [0.05, 0.1) is 0 Å². The van der Waals surface area contributed by atoms with Crippen LogP contribution in [0.1, 0.15) is 84.0 Å². The van der Waals surface area contributed by atoms with Gasteiger partial charge in [0.1, 0.15) is 6.61 Å². The summed E-state index contributed by atoms with van der Waals surface area (Å²) in [6, 6.07) is -1.40. The molecule has 0 aliphatic heterocycles. The first-order valence-corrected chi connectivity index (χ1v) is 9.04. The van der Waals surface area contributed by atoms with Gasteiger partial charge in [-0.05, 0) is 6.42 Å². The number of aliphatic hydroxyl groups excluding tert-OH is 2. The summed E-state index contributed by atoms with van der Waals surface area (Å²) in [6.45, 7) is 1.54. The van der Waals surface area contributed by atoms with Crippen molar-refractivity contribution in [3.8, 4) is 11.8 Å². The first-order valence-electron chi connectivity index (χ1n) is 9.04. The van der Waals surface area contributed by atoms with Gasteiger partial charge in [-0.15, -0.1) is 5.92 Å². The molecule has 5 nitrogen and oxygen atoms in total. The van der Waals surface area contributed by atoms with Crippen LogP contribution in [0.15, 0.2) is 0 Å². The molecule has 0 bridgehead atoms. The van der Waals surface area contributed by atoms with Crippen molar-refractivity contribution in [1.82, 2.24) is 0 Å². The fraction of sp³-hybridized carbons (Fsp3) is 0.889. The van der Waals surface area contributed by atoms with E-state index in [4.69, 9.17) is 5.11 Å². The quantitative estimate of drug-likeness (QED) is 0.220. The van der Waals surface area contributed by atoms with E-state index in [1.165, 1.54) is 57.8 Å². The van der Waals surface area contributed by atoms with Crippen LogP contribution >= 0.6 is 0 Å². The van der Waals surface area contributed by atoms with Crippen LogP contribution in [-0.2, 0) is 0 Å². The number of hydrogen-bond donors (Lipinski definition) is 2. The van der Waals surface area contributed by atoms with Crippen LogP contribution in [0, 0.1) is 22.0 Å². The van der Waals surface area contributed by atoms with Crippen LogP contribution in [0.5, 0.6) is 0 Å². The third-order valence-corrected chi connectivity index (χ3v) is 3.98. The minimum Gasteiger partial charge on any atom is -0.389 e. The summed E-state index contributed by atoms with van der Waals surface area (Å²) in [5.74, 6) is 5.22. The molecule has 2 N–H and O–H groups in total. The highest BCUT2D eigenvalue weighted by Gasteiger charge is 2.27. The highest BCUT2D eigenvalue weighted by molar-refractivity contribution is 5.06. The monoisotopic (exact) mass is 327 g/mol. The number of hydrogen-bond acceptors (Lipinski definition) is 4. The molecule has 2 atom stereocenters. The highest BCUT2D eigenvalue weighted by atomic mass is 16.6. The summed E-state index contributed by atoms with van der Waals surface area (Å²) in [6.07, 6.45) is 13.2. The topological polar surface area (TPSA) is 83.6 Å². The number of aliphatic hydroxyl groups is 2. The summed E-state index contributed by atoms with van der Waals surface area (Å²) in [7, 11) is 0. The summed E-state index contributed by atoms with van der Waals surface area (Å²) >= 11 is 0. The van der Waals surface area contributed by atoms with Crippen LogP contribution in [0.2, 0.25) is 0 Å². The van der Waals surface area contributed by atoms with E-state index in [9.17, 15) is 15.2 Å². The second-order valence-electron chi connectivity index (χ2n) is 6.09. The third-order valence-electron chi connectivity index (χ3n) is 3.98. The largest absolute Gasteiger partial charge is 0.389 e. The van der Waals surface area contributed by atoms with Crippen molar-refractivity contribution in [2.75, 3.05) is 6.61 Å². The molecule has 0 aliphatic rings. The lowest BCUT2D eigenvalue weighted by Crippen LogP contribution is -2.35. The van der Waals surface area contributed by atoms with Crippen molar-refractivity contribution < 1.29 is 15.1 Å². The van der Waals surface area contributed by atoms with Crippen molar-refractivity contribution >= 4 is 0 Å². The van der Waals surface area contributed by atoms with Crippen molar-refractivity contribution in [3.63, 3.8) is 0 Å². The standard InChI is InChI=1S/C18H33NO4/c1-2-3-4-5-6-7-8-9-10-11-12-13-14-15-18(21)17(16-20)19(22)23/h17-18,20-21H,2-13,16H2,1H3. The van der Waals surface area contributed by atoms with Gasteiger partial charge in [-0.3, -0.25) is 10.1 Å². The van der Waals surface area contributed by atoms with E-state index in [1.807, 2.05) is 0 Å². The molecule has 0 heterocycles. The average Bonchev–Trinajstić information content (AvgIpc) is 2.52. The molecule has 0 spiro atoms. The molecular weight excluding hydrogens is 294 g/mol. The second kappa shape index (κ2) is 15.8. The van der Waals surface area contributed by atoms with Crippen molar-refractivity contribution in [1.29, 1.82) is 0 Å². The summed E-state index contributed by atoms with van der Waals surface area (Å²) in [4.78, 5) is 9.83. The van der Waals surface area contributed by atoms with Crippen molar-refractivity contribution in [2.24, 2.45) is 0 Å². The predicted molar refractivity (Wildman–Crippen MR) is 92.7 cm³/mol. The van der Waals surface area contributed by atoms with Gasteiger partial charge in [-0.1, -0.05) is 77.1 Å². The number of rotatable bonds is 14. The second-order valence-corrected chi connectivity index (χ2v) is 6.09. The maximum atomic E-state index is 10.5. The molecule has 0 aromatic heterocycles. The molecule has 0 rings (SSSR count). The Morgan fingerprint density at radius 2 is 1.43 bits per heavy atom. The Bertz CT molecular complexity index is 349. The summed E-state index contributed by atoms with van der Waals surface area (Å²) in [5.41, 5.74) is 0. The molecule has 2 unspecified atom stereocenters. The first kappa shape index (κ1) is 21.9. The van der Waals surface area contributed by atoms with E-state index in [-0.39, 0.29) is 0 Å². The van der Waals surface area contributed by atoms with Crippen LogP contribution in [0.4, 0.5) is 0 Å². The van der Waals surface area contributed by atoms with E-state index in [1.54, 1.807) is 0 Å². The molecule has 0 radical (unpaired) electrons. The van der Waals surface area contributed by atoms with Gasteiger partial charge in [-0.25, -0.2) is 0 Å². The summed E-state index contributed by atoms with van der Waals surface area (Å²) in [5, 5.41) is 28.8. The molecule has 5 heteroatoms. The zero-order valence-corrected chi connectivity index (χ0v) is 14.5. The average molecular weight is 327 g/mol. The fourth-order valence-corrected chi connectivity index (χ4v) is 2.43. The van der Waals surface area contributed by atoms with Crippen molar-refractivity contribution in [3.05, 3.63) is 10.1 Å². The Labute approximate surface area is 140 Å². The van der Waals surface area contributed by atoms with Gasteiger partial charge in [0.2, 0.25) is 0 Å².